The molecule has 3 N–H and O–H groups in total. The van der Waals surface area contributed by atoms with E-state index in [1.807, 2.05) is 24.5 Å². The van der Waals surface area contributed by atoms with Crippen molar-refractivity contribution in [3.05, 3.63) is 43.1 Å². The smallest absolute Gasteiger partial charge is 0.227 e. The predicted octanol–water partition coefficient (Wildman–Crippen LogP) is 3.45. The molecule has 0 atom stereocenters. The lowest BCUT2D eigenvalue weighted by molar-refractivity contribution is -0.122. The lowest BCUT2D eigenvalue weighted by atomic mass is 9.85. The van der Waals surface area contributed by atoms with E-state index in [1.54, 1.807) is 18.6 Å². The van der Waals surface area contributed by atoms with Crippen molar-refractivity contribution in [2.24, 2.45) is 5.92 Å². The zero-order chi connectivity index (χ0) is 25.6. The molecule has 1 aliphatic carbocycles. The number of fused-ring (bicyclic) bond motifs is 2. The summed E-state index contributed by atoms with van der Waals surface area (Å²) in [4.78, 5) is 38.9. The van der Waals surface area contributed by atoms with Crippen LogP contribution in [0, 0.1) is 5.92 Å². The number of pyridine rings is 3. The van der Waals surface area contributed by atoms with E-state index in [0.717, 1.165) is 84.4 Å². The summed E-state index contributed by atoms with van der Waals surface area (Å²) in [6.45, 7) is 3.89. The molecule has 1 amide bonds. The van der Waals surface area contributed by atoms with E-state index in [2.05, 4.69) is 52.3 Å². The van der Waals surface area contributed by atoms with Crippen LogP contribution in [-0.2, 0) is 4.79 Å². The van der Waals surface area contributed by atoms with Crippen LogP contribution >= 0.6 is 0 Å². The Labute approximate surface area is 218 Å². The van der Waals surface area contributed by atoms with Crippen LogP contribution in [0.15, 0.2) is 43.1 Å². The standard InChI is InChI=1S/C27H28N10O/c1-36-5-7-37(8-6-36)22-15-29-14-21-24(22)33-26(32-21)23-20-10-18(12-30-25(20)35-34-23)17-9-19(13-28-11-17)31-27(38)16-3-2-4-16/h9-16H,2-8H2,1H3,(H,31,38)(H,32,33)(H,30,34,35). The number of amides is 1. The molecule has 2 aliphatic rings. The first-order valence-electron chi connectivity index (χ1n) is 13.0. The number of imidazole rings is 1. The third-order valence-corrected chi connectivity index (χ3v) is 7.68. The topological polar surface area (TPSA) is 132 Å². The maximum Gasteiger partial charge on any atom is 0.227 e. The first-order chi connectivity index (χ1) is 18.6. The summed E-state index contributed by atoms with van der Waals surface area (Å²) in [5, 5.41) is 11.4. The summed E-state index contributed by atoms with van der Waals surface area (Å²) in [6.07, 6.45) is 12.0. The number of nitrogens with one attached hydrogen (secondary N) is 3. The first kappa shape index (κ1) is 22.8. The first-order valence-corrected chi connectivity index (χ1v) is 13.0. The Morgan fingerprint density at radius 1 is 1.00 bits per heavy atom. The minimum Gasteiger partial charge on any atom is -0.366 e. The lowest BCUT2D eigenvalue weighted by Crippen LogP contribution is -2.44. The van der Waals surface area contributed by atoms with Crippen molar-refractivity contribution in [2.45, 2.75) is 19.3 Å². The number of anilines is 2. The summed E-state index contributed by atoms with van der Waals surface area (Å²) in [5.41, 5.74) is 6.60. The Morgan fingerprint density at radius 2 is 1.82 bits per heavy atom. The van der Waals surface area contributed by atoms with E-state index in [0.29, 0.717) is 17.2 Å². The average Bonchev–Trinajstić information content (AvgIpc) is 3.52. The van der Waals surface area contributed by atoms with E-state index in [4.69, 9.17) is 4.98 Å². The Hall–Kier alpha value is -4.38. The van der Waals surface area contributed by atoms with Crippen LogP contribution in [0.3, 0.4) is 0 Å². The number of aromatic nitrogens is 7. The van der Waals surface area contributed by atoms with Crippen molar-refractivity contribution in [3.63, 3.8) is 0 Å². The maximum absolute atomic E-state index is 12.4. The normalized spacial score (nSPS) is 16.7. The van der Waals surface area contributed by atoms with Crippen LogP contribution in [0.4, 0.5) is 11.4 Å². The van der Waals surface area contributed by atoms with Gasteiger partial charge in [-0.25, -0.2) is 9.97 Å². The predicted molar refractivity (Wildman–Crippen MR) is 146 cm³/mol. The van der Waals surface area contributed by atoms with Crippen LogP contribution < -0.4 is 10.2 Å². The summed E-state index contributed by atoms with van der Waals surface area (Å²) in [7, 11) is 2.14. The molecule has 0 spiro atoms. The molecule has 0 radical (unpaired) electrons. The Balaban J connectivity index is 1.22. The molecule has 11 nitrogen and oxygen atoms in total. The van der Waals surface area contributed by atoms with Crippen molar-refractivity contribution in [2.75, 3.05) is 43.4 Å². The SMILES string of the molecule is CN1CCN(c2cncc3[nH]c(-c4[nH]nc5ncc(-c6cncc(NC(=O)C7CCC7)c6)cc45)nc23)CC1. The molecule has 1 saturated carbocycles. The molecule has 5 aromatic heterocycles. The van der Waals surface area contributed by atoms with Gasteiger partial charge in [0.05, 0.1) is 40.9 Å². The van der Waals surface area contributed by atoms with Gasteiger partial charge in [0.2, 0.25) is 5.91 Å². The number of hydrogen-bond donors (Lipinski definition) is 3. The zero-order valence-electron chi connectivity index (χ0n) is 21.1. The van der Waals surface area contributed by atoms with Crippen LogP contribution in [0.1, 0.15) is 19.3 Å². The van der Waals surface area contributed by atoms with Gasteiger partial charge in [-0.2, -0.15) is 5.10 Å². The number of likely N-dealkylation sites (N-methyl/N-ethyl adjacent to an activating group) is 1. The highest BCUT2D eigenvalue weighted by atomic mass is 16.1. The largest absolute Gasteiger partial charge is 0.366 e. The molecule has 7 rings (SSSR count). The van der Waals surface area contributed by atoms with Crippen LogP contribution in [-0.4, -0.2) is 79.2 Å². The maximum atomic E-state index is 12.4. The van der Waals surface area contributed by atoms with Gasteiger partial charge in [-0.15, -0.1) is 0 Å². The van der Waals surface area contributed by atoms with E-state index in [1.165, 1.54) is 0 Å². The van der Waals surface area contributed by atoms with E-state index >= 15 is 0 Å². The van der Waals surface area contributed by atoms with E-state index < -0.39 is 0 Å². The van der Waals surface area contributed by atoms with Gasteiger partial charge >= 0.3 is 0 Å². The summed E-state index contributed by atoms with van der Waals surface area (Å²) in [5.74, 6) is 0.863. The van der Waals surface area contributed by atoms with E-state index in [9.17, 15) is 4.79 Å². The highest BCUT2D eigenvalue weighted by molar-refractivity contribution is 5.96. The summed E-state index contributed by atoms with van der Waals surface area (Å²) in [6, 6.07) is 3.96. The van der Waals surface area contributed by atoms with Crippen LogP contribution in [0.25, 0.3) is 44.7 Å². The van der Waals surface area contributed by atoms with Crippen molar-refractivity contribution >= 4 is 39.3 Å². The number of aromatic amines is 2. The van der Waals surface area contributed by atoms with Gasteiger partial charge in [-0.1, -0.05) is 6.42 Å². The van der Waals surface area contributed by atoms with Crippen LogP contribution in [0.5, 0.6) is 0 Å². The molecule has 1 saturated heterocycles. The fourth-order valence-electron chi connectivity index (χ4n) is 5.14. The molecule has 0 aromatic carbocycles. The molecular formula is C27H28N10O. The van der Waals surface area contributed by atoms with Crippen LogP contribution in [0.2, 0.25) is 0 Å². The molecule has 11 heteroatoms. The monoisotopic (exact) mass is 508 g/mol. The van der Waals surface area contributed by atoms with E-state index in [-0.39, 0.29) is 11.8 Å². The minimum atomic E-state index is 0.0659. The van der Waals surface area contributed by atoms with Gasteiger partial charge in [0.15, 0.2) is 11.5 Å². The highest BCUT2D eigenvalue weighted by Gasteiger charge is 2.25. The number of hydrogen-bond acceptors (Lipinski definition) is 8. The van der Waals surface area contributed by atoms with Crippen molar-refractivity contribution in [3.8, 4) is 22.6 Å². The number of H-pyrrole nitrogens is 2. The Bertz CT molecular complexity index is 1640. The van der Waals surface area contributed by atoms with Crippen molar-refractivity contribution < 1.29 is 4.79 Å². The second-order valence-electron chi connectivity index (χ2n) is 10.2. The molecule has 192 valence electrons. The second kappa shape index (κ2) is 9.18. The quantitative estimate of drug-likeness (QED) is 0.329. The molecule has 6 heterocycles. The van der Waals surface area contributed by atoms with Gasteiger partial charge in [0, 0.05) is 55.6 Å². The van der Waals surface area contributed by atoms with Crippen molar-refractivity contribution in [1.29, 1.82) is 0 Å². The molecule has 0 bridgehead atoms. The fraction of sp³-hybridized carbons (Fsp3) is 0.333. The second-order valence-corrected chi connectivity index (χ2v) is 10.2. The zero-order valence-corrected chi connectivity index (χ0v) is 21.1. The molecule has 1 aliphatic heterocycles. The molecular weight excluding hydrogens is 480 g/mol. The average molecular weight is 509 g/mol. The highest BCUT2D eigenvalue weighted by Crippen LogP contribution is 2.32. The summed E-state index contributed by atoms with van der Waals surface area (Å²) < 4.78 is 0. The van der Waals surface area contributed by atoms with Gasteiger partial charge < -0.3 is 20.1 Å². The number of carbonyl (C=O) groups is 1. The number of carbonyl (C=O) groups excluding carboxylic acids is 1. The lowest BCUT2D eigenvalue weighted by Gasteiger charge is -2.33. The van der Waals surface area contributed by atoms with Crippen molar-refractivity contribution in [1.82, 2.24) is 40.0 Å². The Kier molecular flexibility index (Phi) is 5.50. The molecule has 0 unspecified atom stereocenters. The number of piperazine rings is 1. The Morgan fingerprint density at radius 3 is 2.63 bits per heavy atom. The number of rotatable bonds is 5. The number of nitrogens with zero attached hydrogens (tertiary/aromatic N) is 7. The van der Waals surface area contributed by atoms with Gasteiger partial charge in [0.25, 0.3) is 0 Å². The minimum absolute atomic E-state index is 0.0659. The van der Waals surface area contributed by atoms with Gasteiger partial charge in [-0.3, -0.25) is 19.9 Å². The molecule has 2 fully saturated rings. The van der Waals surface area contributed by atoms with Gasteiger partial charge in [-0.05, 0) is 32.0 Å². The molecule has 38 heavy (non-hydrogen) atoms. The third kappa shape index (κ3) is 4.04. The molecule has 5 aromatic rings. The summed E-state index contributed by atoms with van der Waals surface area (Å²) >= 11 is 0. The third-order valence-electron chi connectivity index (χ3n) is 7.68. The fourth-order valence-corrected chi connectivity index (χ4v) is 5.14. The van der Waals surface area contributed by atoms with Gasteiger partial charge in [0.1, 0.15) is 11.2 Å².